The lowest BCUT2D eigenvalue weighted by atomic mass is 10.2. The topological polar surface area (TPSA) is 140 Å². The second-order valence-electron chi connectivity index (χ2n) is 6.25. The van der Waals surface area contributed by atoms with Gasteiger partial charge in [0, 0.05) is 18.2 Å². The van der Waals surface area contributed by atoms with Crippen molar-refractivity contribution in [3.63, 3.8) is 0 Å². The van der Waals surface area contributed by atoms with E-state index in [2.05, 4.69) is 15.0 Å². The molecule has 32 heavy (non-hydrogen) atoms. The highest BCUT2D eigenvalue weighted by molar-refractivity contribution is 7.07. The number of methoxy groups -OCH3 is 1. The fourth-order valence-corrected chi connectivity index (χ4v) is 3.63. The number of ether oxygens (including phenoxy) is 1. The fraction of sp³-hybridized carbons (Fsp3) is 0.0952. The molecule has 0 spiro atoms. The van der Waals surface area contributed by atoms with Crippen molar-refractivity contribution in [2.75, 3.05) is 7.11 Å². The zero-order valence-corrected chi connectivity index (χ0v) is 17.5. The second-order valence-corrected chi connectivity index (χ2v) is 7.28. The van der Waals surface area contributed by atoms with Crippen LogP contribution in [0, 0.1) is 21.4 Å². The molecule has 0 atom stereocenters. The van der Waals surface area contributed by atoms with Crippen molar-refractivity contribution in [3.05, 3.63) is 89.8 Å². The van der Waals surface area contributed by atoms with Gasteiger partial charge in [0.15, 0.2) is 5.70 Å². The molecule has 0 saturated carbocycles. The number of nitro benzene ring substituents is 1. The Kier molecular flexibility index (Phi) is 6.99. The Labute approximate surface area is 184 Å². The summed E-state index contributed by atoms with van der Waals surface area (Å²) in [5, 5.41) is 28.3. The van der Waals surface area contributed by atoms with Gasteiger partial charge in [-0.1, -0.05) is 30.3 Å². The number of nitriles is 1. The van der Waals surface area contributed by atoms with Crippen molar-refractivity contribution >= 4 is 40.5 Å². The van der Waals surface area contributed by atoms with E-state index in [0.717, 1.165) is 23.0 Å². The summed E-state index contributed by atoms with van der Waals surface area (Å²) in [5.74, 6) is -0.701. The van der Waals surface area contributed by atoms with Crippen LogP contribution >= 0.6 is 11.3 Å². The van der Waals surface area contributed by atoms with E-state index in [0.29, 0.717) is 5.69 Å². The SMILES string of the molecule is COC(=O)C=c1sc(=C(C#N)N=Nc2ccc([N+](=O)[O-])cc2)n(Cc2ccccc2)c1=O. The zero-order valence-electron chi connectivity index (χ0n) is 16.7. The Balaban J connectivity index is 2.14. The van der Waals surface area contributed by atoms with Gasteiger partial charge < -0.3 is 4.74 Å². The van der Waals surface area contributed by atoms with Crippen LogP contribution < -0.4 is 14.8 Å². The first-order valence-corrected chi connectivity index (χ1v) is 9.88. The van der Waals surface area contributed by atoms with Gasteiger partial charge in [-0.15, -0.1) is 21.6 Å². The number of nitro groups is 1. The number of esters is 1. The average molecular weight is 449 g/mol. The summed E-state index contributed by atoms with van der Waals surface area (Å²) in [6, 6.07) is 16.3. The summed E-state index contributed by atoms with van der Waals surface area (Å²) >= 11 is 0.915. The minimum Gasteiger partial charge on any atom is -0.466 e. The quantitative estimate of drug-likeness (QED) is 0.245. The maximum Gasteiger partial charge on any atom is 0.332 e. The number of carbonyl (C=O) groups is 1. The molecule has 0 aliphatic heterocycles. The molecule has 1 aromatic heterocycles. The molecule has 160 valence electrons. The van der Waals surface area contributed by atoms with Crippen LogP contribution in [0.25, 0.3) is 11.8 Å². The van der Waals surface area contributed by atoms with Gasteiger partial charge in [-0.25, -0.2) is 4.79 Å². The number of non-ortho nitro benzene ring substituents is 1. The van der Waals surface area contributed by atoms with Gasteiger partial charge in [0.2, 0.25) is 0 Å². The predicted molar refractivity (Wildman–Crippen MR) is 116 cm³/mol. The van der Waals surface area contributed by atoms with Gasteiger partial charge in [-0.3, -0.25) is 19.5 Å². The van der Waals surface area contributed by atoms with E-state index in [1.54, 1.807) is 0 Å². The van der Waals surface area contributed by atoms with Crippen molar-refractivity contribution in [2.45, 2.75) is 6.54 Å². The third kappa shape index (κ3) is 5.18. The van der Waals surface area contributed by atoms with Crippen LogP contribution in [-0.4, -0.2) is 22.6 Å². The van der Waals surface area contributed by atoms with Crippen LogP contribution in [0.4, 0.5) is 11.4 Å². The Bertz CT molecular complexity index is 1400. The third-order valence-corrected chi connectivity index (χ3v) is 5.30. The number of hydrogen-bond donors (Lipinski definition) is 0. The Hall–Kier alpha value is -4.43. The average Bonchev–Trinajstić information content (AvgIpc) is 3.10. The molecular weight excluding hydrogens is 434 g/mol. The predicted octanol–water partition coefficient (Wildman–Crippen LogP) is 2.24. The van der Waals surface area contributed by atoms with Crippen LogP contribution in [0.3, 0.4) is 0 Å². The Morgan fingerprint density at radius 1 is 1.25 bits per heavy atom. The van der Waals surface area contributed by atoms with Gasteiger partial charge in [0.1, 0.15) is 15.3 Å². The molecule has 0 bridgehead atoms. The molecule has 0 aliphatic carbocycles. The summed E-state index contributed by atoms with van der Waals surface area (Å²) < 4.78 is 6.23. The standard InChI is InChI=1S/C21H15N5O5S/c1-31-19(27)11-18-20(28)25(13-14-5-3-2-4-6-14)21(32-18)17(12-22)24-23-15-7-9-16(10-8-15)26(29)30/h2-11H,13H2,1H3. The van der Waals surface area contributed by atoms with Gasteiger partial charge >= 0.3 is 5.97 Å². The lowest BCUT2D eigenvalue weighted by Crippen LogP contribution is -2.32. The Morgan fingerprint density at radius 3 is 2.53 bits per heavy atom. The van der Waals surface area contributed by atoms with Crippen LogP contribution in [-0.2, 0) is 16.1 Å². The highest BCUT2D eigenvalue weighted by Crippen LogP contribution is 2.19. The maximum absolute atomic E-state index is 12.9. The maximum atomic E-state index is 12.9. The first-order chi connectivity index (χ1) is 15.4. The van der Waals surface area contributed by atoms with Crippen molar-refractivity contribution in [1.82, 2.24) is 4.57 Å². The lowest BCUT2D eigenvalue weighted by molar-refractivity contribution is -0.384. The van der Waals surface area contributed by atoms with Crippen molar-refractivity contribution in [3.8, 4) is 6.07 Å². The van der Waals surface area contributed by atoms with E-state index in [-0.39, 0.29) is 27.1 Å². The molecule has 10 nitrogen and oxygen atoms in total. The lowest BCUT2D eigenvalue weighted by Gasteiger charge is -2.02. The summed E-state index contributed by atoms with van der Waals surface area (Å²) in [5.41, 5.74) is 0.371. The molecule has 0 fully saturated rings. The third-order valence-electron chi connectivity index (χ3n) is 4.18. The van der Waals surface area contributed by atoms with E-state index in [1.807, 2.05) is 36.4 Å². The van der Waals surface area contributed by atoms with Crippen LogP contribution in [0.1, 0.15) is 5.56 Å². The fourth-order valence-electron chi connectivity index (χ4n) is 2.63. The second kappa shape index (κ2) is 10.1. The van der Waals surface area contributed by atoms with Gasteiger partial charge in [-0.05, 0) is 17.7 Å². The van der Waals surface area contributed by atoms with Crippen LogP contribution in [0.15, 0.2) is 69.6 Å². The number of azo groups is 1. The van der Waals surface area contributed by atoms with Crippen molar-refractivity contribution < 1.29 is 14.5 Å². The van der Waals surface area contributed by atoms with Crippen molar-refractivity contribution in [1.29, 1.82) is 5.26 Å². The van der Waals surface area contributed by atoms with Crippen molar-refractivity contribution in [2.24, 2.45) is 10.2 Å². The number of benzene rings is 2. The van der Waals surface area contributed by atoms with Gasteiger partial charge in [0.05, 0.1) is 24.3 Å². The van der Waals surface area contributed by atoms with Gasteiger partial charge in [0.25, 0.3) is 11.2 Å². The first-order valence-electron chi connectivity index (χ1n) is 9.06. The number of carbonyl (C=O) groups excluding carboxylic acids is 1. The first kappa shape index (κ1) is 22.3. The largest absolute Gasteiger partial charge is 0.466 e. The van der Waals surface area contributed by atoms with E-state index in [1.165, 1.54) is 35.9 Å². The van der Waals surface area contributed by atoms with Gasteiger partial charge in [-0.2, -0.15) is 5.26 Å². The molecule has 0 radical (unpaired) electrons. The minimum absolute atomic E-state index is 0.0843. The highest BCUT2D eigenvalue weighted by atomic mass is 32.1. The molecule has 3 aromatic rings. The summed E-state index contributed by atoms with van der Waals surface area (Å²) in [4.78, 5) is 34.8. The summed E-state index contributed by atoms with van der Waals surface area (Å²) in [7, 11) is 1.20. The highest BCUT2D eigenvalue weighted by Gasteiger charge is 2.11. The summed E-state index contributed by atoms with van der Waals surface area (Å²) in [6.07, 6.45) is 1.06. The molecule has 0 N–H and O–H groups in total. The number of nitrogens with zero attached hydrogens (tertiary/aromatic N) is 5. The van der Waals surface area contributed by atoms with Crippen LogP contribution in [0.5, 0.6) is 0 Å². The molecule has 2 aromatic carbocycles. The smallest absolute Gasteiger partial charge is 0.332 e. The number of aromatic nitrogens is 1. The molecule has 0 aliphatic rings. The van der Waals surface area contributed by atoms with E-state index < -0.39 is 16.5 Å². The molecule has 3 rings (SSSR count). The molecule has 11 heteroatoms. The molecule has 0 amide bonds. The normalized spacial score (nSPS) is 12.4. The van der Waals surface area contributed by atoms with E-state index >= 15 is 0 Å². The summed E-state index contributed by atoms with van der Waals surface area (Å²) in [6.45, 7) is 0.152. The molecule has 0 unspecified atom stereocenters. The number of thiazole rings is 1. The molecular formula is C21H15N5O5S. The zero-order chi connectivity index (χ0) is 23.1. The molecule has 1 heterocycles. The number of rotatable bonds is 6. The van der Waals surface area contributed by atoms with E-state index in [9.17, 15) is 25.0 Å². The van der Waals surface area contributed by atoms with E-state index in [4.69, 9.17) is 0 Å². The molecule has 0 saturated heterocycles. The minimum atomic E-state index is -0.701. The van der Waals surface area contributed by atoms with Crippen LogP contribution in [0.2, 0.25) is 0 Å². The number of hydrogen-bond acceptors (Lipinski definition) is 9. The monoisotopic (exact) mass is 449 g/mol. The Morgan fingerprint density at radius 2 is 1.94 bits per heavy atom.